The van der Waals surface area contributed by atoms with Crippen molar-refractivity contribution in [3.05, 3.63) is 42.0 Å². The Morgan fingerprint density at radius 3 is 2.58 bits per heavy atom. The number of hydrogen-bond acceptors (Lipinski definition) is 5. The fourth-order valence-corrected chi connectivity index (χ4v) is 7.60. The number of carbonyl (C=O) groups excluding carboxylic acids is 1. The van der Waals surface area contributed by atoms with Crippen molar-refractivity contribution in [1.82, 2.24) is 9.80 Å². The van der Waals surface area contributed by atoms with E-state index >= 15 is 0 Å². The van der Waals surface area contributed by atoms with Crippen LogP contribution >= 0.6 is 0 Å². The van der Waals surface area contributed by atoms with Crippen molar-refractivity contribution in [1.29, 1.82) is 0 Å². The van der Waals surface area contributed by atoms with Gasteiger partial charge in [0.05, 0.1) is 11.5 Å². The number of hydrogen-bond donors (Lipinski definition) is 0. The van der Waals surface area contributed by atoms with E-state index < -0.39 is 0 Å². The lowest BCUT2D eigenvalue weighted by Crippen LogP contribution is -2.58. The summed E-state index contributed by atoms with van der Waals surface area (Å²) >= 11 is 0. The molecule has 1 aromatic carbocycles. The highest BCUT2D eigenvalue weighted by molar-refractivity contribution is 5.77. The lowest BCUT2D eigenvalue weighted by molar-refractivity contribution is -0.168. The number of epoxide rings is 1. The Hall–Kier alpha value is -1.69. The van der Waals surface area contributed by atoms with E-state index in [1.165, 1.54) is 12.0 Å². The van der Waals surface area contributed by atoms with E-state index in [-0.39, 0.29) is 29.2 Å². The number of esters is 1. The smallest absolute Gasteiger partial charge is 0.311 e. The van der Waals surface area contributed by atoms with Crippen LogP contribution in [0.3, 0.4) is 0 Å². The molecule has 1 spiro atoms. The van der Waals surface area contributed by atoms with E-state index in [1.807, 2.05) is 0 Å². The fraction of sp³-hybridized carbons (Fsp3) is 0.679. The zero-order chi connectivity index (χ0) is 22.6. The first-order valence-electron chi connectivity index (χ1n) is 13.1. The molecule has 0 unspecified atom stereocenters. The second-order valence-corrected chi connectivity index (χ2v) is 11.4. The number of carbonyl (C=O) groups is 1. The maximum absolute atomic E-state index is 13.3. The summed E-state index contributed by atoms with van der Waals surface area (Å²) in [5, 5.41) is 0. The van der Waals surface area contributed by atoms with Gasteiger partial charge in [-0.1, -0.05) is 49.4 Å². The van der Waals surface area contributed by atoms with Gasteiger partial charge >= 0.3 is 5.97 Å². The predicted molar refractivity (Wildman–Crippen MR) is 129 cm³/mol. The molecule has 0 amide bonds. The quantitative estimate of drug-likeness (QED) is 0.504. The lowest BCUT2D eigenvalue weighted by Gasteiger charge is -2.50. The van der Waals surface area contributed by atoms with Crippen molar-refractivity contribution in [2.75, 3.05) is 39.3 Å². The molecule has 5 heteroatoms. The third-order valence-electron chi connectivity index (χ3n) is 9.48. The number of fused-ring (bicyclic) bond motifs is 1. The summed E-state index contributed by atoms with van der Waals surface area (Å²) in [6, 6.07) is 10.5. The van der Waals surface area contributed by atoms with Crippen LogP contribution in [0.25, 0.3) is 6.08 Å². The Bertz CT molecular complexity index is 911. The van der Waals surface area contributed by atoms with Crippen LogP contribution in [-0.4, -0.2) is 72.3 Å². The number of nitrogens with zero attached hydrogens (tertiary/aromatic N) is 2. The van der Waals surface area contributed by atoms with Crippen LogP contribution in [0, 0.1) is 23.7 Å². The number of piperazine rings is 1. The van der Waals surface area contributed by atoms with Gasteiger partial charge in [-0.05, 0) is 44.1 Å². The molecule has 7 atom stereocenters. The van der Waals surface area contributed by atoms with E-state index in [0.29, 0.717) is 17.8 Å². The topological polar surface area (TPSA) is 45.3 Å². The molecule has 3 saturated heterocycles. The van der Waals surface area contributed by atoms with Crippen molar-refractivity contribution in [3.8, 4) is 0 Å². The zero-order valence-electron chi connectivity index (χ0n) is 20.1. The molecule has 2 saturated carbocycles. The minimum atomic E-state index is -0.351. The predicted octanol–water partition coefficient (Wildman–Crippen LogP) is 3.84. The lowest BCUT2D eigenvalue weighted by atomic mass is 9.55. The highest BCUT2D eigenvalue weighted by Crippen LogP contribution is 2.66. The first-order valence-corrected chi connectivity index (χ1v) is 13.1. The monoisotopic (exact) mass is 450 g/mol. The van der Waals surface area contributed by atoms with Crippen LogP contribution in [0.15, 0.2) is 36.4 Å². The number of ether oxygens (including phenoxy) is 2. The Labute approximate surface area is 198 Å². The Morgan fingerprint density at radius 1 is 1.03 bits per heavy atom. The van der Waals surface area contributed by atoms with Crippen molar-refractivity contribution in [2.45, 2.75) is 56.8 Å². The van der Waals surface area contributed by atoms with Crippen molar-refractivity contribution in [2.24, 2.45) is 23.7 Å². The summed E-state index contributed by atoms with van der Waals surface area (Å²) in [5.74, 6) is 1.47. The molecule has 2 aliphatic carbocycles. The van der Waals surface area contributed by atoms with Crippen molar-refractivity contribution in [3.63, 3.8) is 0 Å². The number of rotatable bonds is 5. The molecule has 0 aromatic heterocycles. The third-order valence-corrected chi connectivity index (χ3v) is 9.48. The van der Waals surface area contributed by atoms with E-state index in [9.17, 15) is 4.79 Å². The van der Waals surface area contributed by atoms with Gasteiger partial charge in [0.15, 0.2) is 0 Å². The Morgan fingerprint density at radius 2 is 1.79 bits per heavy atom. The molecule has 0 radical (unpaired) electrons. The first-order chi connectivity index (χ1) is 16.0. The SMILES string of the molecule is C[C@H]1CC[C@@H]2[C@H](CN3CCN(C/C=C/c4ccccc4)CC3)C(=O)O[C@@]23[C@@H]1CC[C@@]1(C)O[C@H]31. The number of benzene rings is 1. The Kier molecular flexibility index (Phi) is 5.43. The molecule has 5 nitrogen and oxygen atoms in total. The molecule has 5 fully saturated rings. The summed E-state index contributed by atoms with van der Waals surface area (Å²) in [6.07, 6.45) is 9.17. The minimum absolute atomic E-state index is 0.0103. The van der Waals surface area contributed by atoms with Crippen LogP contribution in [0.2, 0.25) is 0 Å². The largest absolute Gasteiger partial charge is 0.455 e. The normalized spacial score (nSPS) is 43.1. The molecule has 1 aromatic rings. The molecular weight excluding hydrogens is 412 g/mol. The van der Waals surface area contributed by atoms with Crippen LogP contribution in [0.1, 0.15) is 45.1 Å². The van der Waals surface area contributed by atoms with Gasteiger partial charge < -0.3 is 9.47 Å². The third kappa shape index (κ3) is 3.67. The van der Waals surface area contributed by atoms with Gasteiger partial charge in [-0.25, -0.2) is 0 Å². The van der Waals surface area contributed by atoms with E-state index in [0.717, 1.165) is 58.5 Å². The second kappa shape index (κ2) is 8.21. The van der Waals surface area contributed by atoms with E-state index in [2.05, 4.69) is 66.1 Å². The molecule has 33 heavy (non-hydrogen) atoms. The second-order valence-electron chi connectivity index (χ2n) is 11.4. The maximum Gasteiger partial charge on any atom is 0.311 e. The minimum Gasteiger partial charge on any atom is -0.455 e. The highest BCUT2D eigenvalue weighted by atomic mass is 16.7. The summed E-state index contributed by atoms with van der Waals surface area (Å²) in [4.78, 5) is 18.3. The average molecular weight is 451 g/mol. The average Bonchev–Trinajstić information content (AvgIpc) is 3.45. The molecule has 178 valence electrons. The standard InChI is InChI=1S/C28H38N2O3/c1-20-10-11-24-22(25(31)32-28(24)23(20)12-13-27(2)26(28)33-27)19-30-17-15-29(16-18-30)14-6-9-21-7-4-3-5-8-21/h3-9,20,22-24,26H,10-19H2,1-2H3/b9-6+/t20-,22-,23+,24+,26-,27+,28-/m0/s1. The highest BCUT2D eigenvalue weighted by Gasteiger charge is 2.77. The zero-order valence-corrected chi connectivity index (χ0v) is 20.1. The van der Waals surface area contributed by atoms with Crippen molar-refractivity contribution < 1.29 is 14.3 Å². The van der Waals surface area contributed by atoms with Gasteiger partial charge in [-0.15, -0.1) is 0 Å². The molecule has 3 heterocycles. The van der Waals surface area contributed by atoms with Crippen LogP contribution in [-0.2, 0) is 14.3 Å². The van der Waals surface area contributed by atoms with Gasteiger partial charge in [0.1, 0.15) is 11.7 Å². The molecular formula is C28H38N2O3. The van der Waals surface area contributed by atoms with Gasteiger partial charge in [-0.3, -0.25) is 14.6 Å². The summed E-state index contributed by atoms with van der Waals surface area (Å²) < 4.78 is 12.7. The molecule has 5 aliphatic rings. The molecule has 3 aliphatic heterocycles. The molecule has 6 rings (SSSR count). The van der Waals surface area contributed by atoms with Gasteiger partial charge in [0, 0.05) is 51.1 Å². The maximum atomic E-state index is 13.3. The summed E-state index contributed by atoms with van der Waals surface area (Å²) in [7, 11) is 0. The van der Waals surface area contributed by atoms with Gasteiger partial charge in [0.25, 0.3) is 0 Å². The van der Waals surface area contributed by atoms with E-state index in [1.54, 1.807) is 0 Å². The van der Waals surface area contributed by atoms with Crippen molar-refractivity contribution >= 4 is 12.0 Å². The van der Waals surface area contributed by atoms with Crippen LogP contribution in [0.4, 0.5) is 0 Å². The van der Waals surface area contributed by atoms with Gasteiger partial charge in [0.2, 0.25) is 0 Å². The molecule has 0 N–H and O–H groups in total. The summed E-state index contributed by atoms with van der Waals surface area (Å²) in [6.45, 7) is 10.6. The molecule has 0 bridgehead atoms. The van der Waals surface area contributed by atoms with Crippen LogP contribution in [0.5, 0.6) is 0 Å². The fourth-order valence-electron chi connectivity index (χ4n) is 7.60. The first kappa shape index (κ1) is 21.8. The Balaban J connectivity index is 1.08. The summed E-state index contributed by atoms with van der Waals surface area (Å²) in [5.41, 5.74) is 0.847. The van der Waals surface area contributed by atoms with E-state index in [4.69, 9.17) is 9.47 Å². The van der Waals surface area contributed by atoms with Gasteiger partial charge in [-0.2, -0.15) is 0 Å². The van der Waals surface area contributed by atoms with Crippen LogP contribution < -0.4 is 0 Å².